The van der Waals surface area contributed by atoms with Gasteiger partial charge in [-0.3, -0.25) is 4.72 Å². The topological polar surface area (TPSA) is 94.2 Å². The number of rotatable bonds is 9. The van der Waals surface area contributed by atoms with Gasteiger partial charge in [-0.15, -0.1) is 0 Å². The van der Waals surface area contributed by atoms with E-state index in [0.29, 0.717) is 43.3 Å². The summed E-state index contributed by atoms with van der Waals surface area (Å²) in [6.45, 7) is 3.50. The minimum atomic E-state index is -3.80. The maximum atomic E-state index is 13.0. The third kappa shape index (κ3) is 5.79. The summed E-state index contributed by atoms with van der Waals surface area (Å²) in [5.41, 5.74) is 0.455. The number of nitrogens with one attached hydrogen (secondary N) is 1. The van der Waals surface area contributed by atoms with Gasteiger partial charge in [0.05, 0.1) is 30.8 Å². The van der Waals surface area contributed by atoms with Crippen molar-refractivity contribution in [2.75, 3.05) is 31.5 Å². The minimum absolute atomic E-state index is 0.138. The van der Waals surface area contributed by atoms with Gasteiger partial charge in [0.1, 0.15) is 17.6 Å². The summed E-state index contributed by atoms with van der Waals surface area (Å²) in [6, 6.07) is 17.1. The third-order valence-corrected chi connectivity index (χ3v) is 7.30. The van der Waals surface area contributed by atoms with E-state index in [4.69, 9.17) is 14.2 Å². The van der Waals surface area contributed by atoms with Crippen LogP contribution in [0.25, 0.3) is 10.8 Å². The molecule has 4 rings (SSSR count). The number of hydrogen-bond donors (Lipinski definition) is 1. The fraction of sp³-hybridized carbons (Fsp3) is 0.346. The number of sulfonamides is 1. The first-order valence-corrected chi connectivity index (χ1v) is 13.2. The maximum Gasteiger partial charge on any atom is 0.409 e. The van der Waals surface area contributed by atoms with Gasteiger partial charge in [-0.25, -0.2) is 13.2 Å². The molecule has 0 radical (unpaired) electrons. The van der Waals surface area contributed by atoms with E-state index in [-0.39, 0.29) is 17.1 Å². The predicted molar refractivity (Wildman–Crippen MR) is 135 cm³/mol. The highest BCUT2D eigenvalue weighted by Crippen LogP contribution is 2.34. The Morgan fingerprint density at radius 1 is 1.06 bits per heavy atom. The van der Waals surface area contributed by atoms with Crippen molar-refractivity contribution in [1.29, 1.82) is 0 Å². The maximum absolute atomic E-state index is 13.0. The molecule has 1 atom stereocenters. The Morgan fingerprint density at radius 3 is 2.51 bits per heavy atom. The Bertz CT molecular complexity index is 1280. The van der Waals surface area contributed by atoms with Crippen molar-refractivity contribution in [3.63, 3.8) is 0 Å². The molecule has 0 spiro atoms. The number of likely N-dealkylation sites (tertiary alicyclic amines) is 1. The van der Waals surface area contributed by atoms with Gasteiger partial charge in [0.25, 0.3) is 10.0 Å². The Balaban J connectivity index is 1.50. The van der Waals surface area contributed by atoms with Crippen LogP contribution in [-0.4, -0.2) is 52.3 Å². The summed E-state index contributed by atoms with van der Waals surface area (Å²) in [5.74, 6) is 1.22. The quantitative estimate of drug-likeness (QED) is 0.416. The van der Waals surface area contributed by atoms with Crippen LogP contribution in [0.5, 0.6) is 11.5 Å². The van der Waals surface area contributed by atoms with Crippen LogP contribution in [0.1, 0.15) is 26.2 Å². The first kappa shape index (κ1) is 24.7. The van der Waals surface area contributed by atoms with Crippen molar-refractivity contribution in [2.24, 2.45) is 0 Å². The fourth-order valence-corrected chi connectivity index (χ4v) is 5.07. The first-order valence-electron chi connectivity index (χ1n) is 11.7. The molecule has 1 amide bonds. The second kappa shape index (κ2) is 10.9. The smallest absolute Gasteiger partial charge is 0.409 e. The first-order chi connectivity index (χ1) is 16.9. The van der Waals surface area contributed by atoms with Crippen molar-refractivity contribution >= 4 is 32.6 Å². The van der Waals surface area contributed by atoms with E-state index in [9.17, 15) is 13.2 Å². The average molecular weight is 499 g/mol. The average Bonchev–Trinajstić information content (AvgIpc) is 3.34. The van der Waals surface area contributed by atoms with Gasteiger partial charge >= 0.3 is 6.09 Å². The molecule has 186 valence electrons. The van der Waals surface area contributed by atoms with Gasteiger partial charge in [-0.05, 0) is 42.8 Å². The molecule has 9 heteroatoms. The number of nitrogens with zero attached hydrogens (tertiary/aromatic N) is 1. The number of carbonyl (C=O) groups excluding carboxylic acids is 1. The van der Waals surface area contributed by atoms with Gasteiger partial charge in [0.2, 0.25) is 0 Å². The predicted octanol–water partition coefficient (Wildman–Crippen LogP) is 5.04. The van der Waals surface area contributed by atoms with Gasteiger partial charge in [-0.2, -0.15) is 0 Å². The summed E-state index contributed by atoms with van der Waals surface area (Å²) >= 11 is 0. The van der Waals surface area contributed by atoms with Crippen LogP contribution in [0, 0.1) is 0 Å². The Hall–Kier alpha value is -3.46. The lowest BCUT2D eigenvalue weighted by Gasteiger charge is -2.19. The molecule has 1 unspecified atom stereocenters. The second-order valence-electron chi connectivity index (χ2n) is 8.38. The summed E-state index contributed by atoms with van der Waals surface area (Å²) in [4.78, 5) is 14.0. The highest BCUT2D eigenvalue weighted by molar-refractivity contribution is 7.92. The molecule has 1 fully saturated rings. The third-order valence-electron chi connectivity index (χ3n) is 5.92. The molecule has 1 aliphatic rings. The largest absolute Gasteiger partial charge is 0.497 e. The van der Waals surface area contributed by atoms with Gasteiger partial charge in [-0.1, -0.05) is 37.6 Å². The molecule has 1 heterocycles. The monoisotopic (exact) mass is 498 g/mol. The number of benzene rings is 3. The van der Waals surface area contributed by atoms with Crippen molar-refractivity contribution in [1.82, 2.24) is 4.90 Å². The zero-order chi connectivity index (χ0) is 24.8. The fourth-order valence-electron chi connectivity index (χ4n) is 3.99. The number of anilines is 1. The molecule has 35 heavy (non-hydrogen) atoms. The lowest BCUT2D eigenvalue weighted by Crippen LogP contribution is -2.31. The van der Waals surface area contributed by atoms with Crippen molar-refractivity contribution in [3.05, 3.63) is 60.7 Å². The van der Waals surface area contributed by atoms with Crippen LogP contribution >= 0.6 is 0 Å². The summed E-state index contributed by atoms with van der Waals surface area (Å²) in [5, 5.41) is 1.50. The van der Waals surface area contributed by atoms with E-state index < -0.39 is 10.0 Å². The number of fused-ring (bicyclic) bond motifs is 1. The Morgan fingerprint density at radius 2 is 1.80 bits per heavy atom. The highest BCUT2D eigenvalue weighted by atomic mass is 32.2. The number of unbranched alkanes of at least 4 members (excludes halogenated alkanes) is 1. The Kier molecular flexibility index (Phi) is 7.65. The number of hydrogen-bond acceptors (Lipinski definition) is 6. The summed E-state index contributed by atoms with van der Waals surface area (Å²) < 4.78 is 45.3. The molecular weight excluding hydrogens is 468 g/mol. The molecule has 1 N–H and O–H groups in total. The highest BCUT2D eigenvalue weighted by Gasteiger charge is 2.29. The van der Waals surface area contributed by atoms with Gasteiger partial charge < -0.3 is 19.1 Å². The second-order valence-corrected chi connectivity index (χ2v) is 10.1. The summed E-state index contributed by atoms with van der Waals surface area (Å²) in [7, 11) is -2.27. The number of ether oxygens (including phenoxy) is 3. The molecule has 1 aliphatic heterocycles. The van der Waals surface area contributed by atoms with Crippen LogP contribution in [0.15, 0.2) is 65.6 Å². The van der Waals surface area contributed by atoms with E-state index >= 15 is 0 Å². The molecule has 0 aromatic heterocycles. The zero-order valence-corrected chi connectivity index (χ0v) is 20.7. The van der Waals surface area contributed by atoms with E-state index in [2.05, 4.69) is 4.72 Å². The number of methoxy groups -OCH3 is 1. The van der Waals surface area contributed by atoms with E-state index in [1.807, 2.05) is 31.2 Å². The van der Waals surface area contributed by atoms with Crippen molar-refractivity contribution < 1.29 is 27.4 Å². The molecule has 0 bridgehead atoms. The van der Waals surface area contributed by atoms with Crippen molar-refractivity contribution in [3.8, 4) is 11.5 Å². The van der Waals surface area contributed by atoms with Crippen LogP contribution in [0.3, 0.4) is 0 Å². The van der Waals surface area contributed by atoms with E-state index in [1.54, 1.807) is 29.2 Å². The van der Waals surface area contributed by atoms with Crippen LogP contribution < -0.4 is 14.2 Å². The molecule has 8 nitrogen and oxygen atoms in total. The van der Waals surface area contributed by atoms with Crippen molar-refractivity contribution in [2.45, 2.75) is 37.2 Å². The molecule has 3 aromatic carbocycles. The lowest BCUT2D eigenvalue weighted by atomic mass is 10.1. The standard InChI is InChI=1S/C26H30N2O6S/c1-3-4-17-33-26(29)28-16-15-20(18-28)34-25-14-13-24(22-7-5-6-8-23(22)25)27-35(30,31)21-11-9-19(32-2)10-12-21/h5-14,20,27H,3-4,15-18H2,1-2H3. The normalized spacial score (nSPS) is 15.7. The van der Waals surface area contributed by atoms with Gasteiger partial charge in [0, 0.05) is 23.7 Å². The van der Waals surface area contributed by atoms with E-state index in [1.165, 1.54) is 19.2 Å². The molecule has 1 saturated heterocycles. The zero-order valence-electron chi connectivity index (χ0n) is 19.9. The van der Waals surface area contributed by atoms with Crippen LogP contribution in [-0.2, 0) is 14.8 Å². The SMILES string of the molecule is CCCCOC(=O)N1CCC(Oc2ccc(NS(=O)(=O)c3ccc(OC)cc3)c3ccccc23)C1. The molecule has 0 aliphatic carbocycles. The van der Waals surface area contributed by atoms with Crippen LogP contribution in [0.2, 0.25) is 0 Å². The van der Waals surface area contributed by atoms with Crippen LogP contribution in [0.4, 0.5) is 10.5 Å². The number of carbonyl (C=O) groups is 1. The minimum Gasteiger partial charge on any atom is -0.497 e. The van der Waals surface area contributed by atoms with E-state index in [0.717, 1.165) is 23.6 Å². The molecular formula is C26H30N2O6S. The molecule has 0 saturated carbocycles. The van der Waals surface area contributed by atoms with Gasteiger partial charge in [0.15, 0.2) is 0 Å². The lowest BCUT2D eigenvalue weighted by molar-refractivity contribution is 0.104. The Labute approximate surface area is 205 Å². The summed E-state index contributed by atoms with van der Waals surface area (Å²) in [6.07, 6.45) is 2.04. The number of amides is 1. The molecule has 3 aromatic rings.